The van der Waals surface area contributed by atoms with Crippen LogP contribution in [0.3, 0.4) is 0 Å². The van der Waals surface area contributed by atoms with Crippen molar-refractivity contribution in [3.05, 3.63) is 72.7 Å². The molecular formula is C20H14F3N3O2. The van der Waals surface area contributed by atoms with Gasteiger partial charge in [0.15, 0.2) is 0 Å². The van der Waals surface area contributed by atoms with Gasteiger partial charge in [-0.1, -0.05) is 0 Å². The van der Waals surface area contributed by atoms with Crippen molar-refractivity contribution in [2.24, 2.45) is 0 Å². The number of halogens is 3. The highest BCUT2D eigenvalue weighted by Crippen LogP contribution is 2.36. The lowest BCUT2D eigenvalue weighted by Gasteiger charge is -2.13. The van der Waals surface area contributed by atoms with Crippen LogP contribution in [0, 0.1) is 0 Å². The van der Waals surface area contributed by atoms with Crippen molar-refractivity contribution < 1.29 is 22.6 Å². The van der Waals surface area contributed by atoms with Gasteiger partial charge in [0.05, 0.1) is 23.9 Å². The number of alkyl halides is 3. The van der Waals surface area contributed by atoms with Gasteiger partial charge in [-0.3, -0.25) is 4.98 Å². The molecule has 0 atom stereocenters. The Balaban J connectivity index is 1.79. The Labute approximate surface area is 158 Å². The van der Waals surface area contributed by atoms with E-state index in [9.17, 15) is 13.2 Å². The lowest BCUT2D eigenvalue weighted by atomic mass is 10.1. The van der Waals surface area contributed by atoms with Crippen molar-refractivity contribution in [1.82, 2.24) is 14.8 Å². The van der Waals surface area contributed by atoms with Gasteiger partial charge in [-0.25, -0.2) is 4.68 Å². The van der Waals surface area contributed by atoms with Crippen LogP contribution in [-0.2, 0) is 6.18 Å². The monoisotopic (exact) mass is 385 g/mol. The molecule has 0 amide bonds. The lowest BCUT2D eigenvalue weighted by Crippen LogP contribution is -2.04. The van der Waals surface area contributed by atoms with Crippen LogP contribution < -0.4 is 9.47 Å². The Morgan fingerprint density at radius 1 is 0.964 bits per heavy atom. The molecule has 0 aliphatic heterocycles. The van der Waals surface area contributed by atoms with E-state index in [0.717, 1.165) is 12.1 Å². The number of hydrogen-bond acceptors (Lipinski definition) is 4. The van der Waals surface area contributed by atoms with Gasteiger partial charge in [-0.05, 0) is 30.3 Å². The molecule has 8 heteroatoms. The Bertz CT molecular complexity index is 1130. The second-order valence-electron chi connectivity index (χ2n) is 5.96. The van der Waals surface area contributed by atoms with Gasteiger partial charge in [0, 0.05) is 42.2 Å². The summed E-state index contributed by atoms with van der Waals surface area (Å²) in [5.41, 5.74) is 0.329. The molecule has 0 bridgehead atoms. The summed E-state index contributed by atoms with van der Waals surface area (Å²) in [6, 6.07) is 11.8. The van der Waals surface area contributed by atoms with Crippen LogP contribution in [0.2, 0.25) is 0 Å². The molecule has 0 radical (unpaired) electrons. The first-order valence-corrected chi connectivity index (χ1v) is 8.27. The Morgan fingerprint density at radius 3 is 2.50 bits per heavy atom. The zero-order valence-corrected chi connectivity index (χ0v) is 14.6. The third-order valence-corrected chi connectivity index (χ3v) is 4.13. The highest BCUT2D eigenvalue weighted by Gasteiger charge is 2.30. The molecule has 0 spiro atoms. The molecule has 2 aromatic carbocycles. The van der Waals surface area contributed by atoms with Crippen LogP contribution >= 0.6 is 0 Å². The summed E-state index contributed by atoms with van der Waals surface area (Å²) in [6.07, 6.45) is 0.426. The van der Waals surface area contributed by atoms with Crippen LogP contribution in [0.1, 0.15) is 5.56 Å². The number of aromatic nitrogens is 3. The minimum atomic E-state index is -4.45. The molecule has 0 aliphatic rings. The van der Waals surface area contributed by atoms with Crippen LogP contribution in [0.5, 0.6) is 17.2 Å². The smallest absolute Gasteiger partial charge is 0.416 e. The Hall–Kier alpha value is -3.55. The minimum absolute atomic E-state index is 0.260. The summed E-state index contributed by atoms with van der Waals surface area (Å²) in [5, 5.41) is 4.43. The predicted octanol–water partition coefficient (Wildman–Crippen LogP) is 5.24. The van der Waals surface area contributed by atoms with Gasteiger partial charge in [0.1, 0.15) is 17.2 Å². The fraction of sp³-hybridized carbons (Fsp3) is 0.100. The predicted molar refractivity (Wildman–Crippen MR) is 96.9 cm³/mol. The largest absolute Gasteiger partial charge is 0.497 e. The van der Waals surface area contributed by atoms with Gasteiger partial charge in [-0.15, -0.1) is 0 Å². The molecule has 4 rings (SSSR count). The summed E-state index contributed by atoms with van der Waals surface area (Å²) in [4.78, 5) is 4.11. The molecule has 28 heavy (non-hydrogen) atoms. The maximum atomic E-state index is 13.1. The number of methoxy groups -OCH3 is 1. The first kappa shape index (κ1) is 17.8. The average Bonchev–Trinajstić information content (AvgIpc) is 3.22. The quantitative estimate of drug-likeness (QED) is 0.482. The van der Waals surface area contributed by atoms with Crippen LogP contribution in [0.15, 0.2) is 67.1 Å². The molecule has 4 aromatic rings. The van der Waals surface area contributed by atoms with Crippen LogP contribution in [0.25, 0.3) is 16.6 Å². The maximum Gasteiger partial charge on any atom is 0.416 e. The Kier molecular flexibility index (Phi) is 4.38. The van der Waals surface area contributed by atoms with E-state index < -0.39 is 11.7 Å². The van der Waals surface area contributed by atoms with E-state index in [1.807, 2.05) is 0 Å². The first-order valence-electron chi connectivity index (χ1n) is 8.27. The van der Waals surface area contributed by atoms with E-state index in [1.54, 1.807) is 41.3 Å². The van der Waals surface area contributed by atoms with Crippen molar-refractivity contribution in [2.75, 3.05) is 7.11 Å². The average molecular weight is 385 g/mol. The molecule has 0 fully saturated rings. The number of nitrogens with zero attached hydrogens (tertiary/aromatic N) is 3. The lowest BCUT2D eigenvalue weighted by molar-refractivity contribution is -0.137. The normalized spacial score (nSPS) is 11.6. The fourth-order valence-corrected chi connectivity index (χ4v) is 2.80. The van der Waals surface area contributed by atoms with Crippen molar-refractivity contribution in [3.63, 3.8) is 0 Å². The van der Waals surface area contributed by atoms with Crippen molar-refractivity contribution in [1.29, 1.82) is 0 Å². The molecule has 2 heterocycles. The SMILES string of the molecule is COc1cc(Oc2ccnc3ccc(C(F)(F)F)cc23)cc(-n2cccn2)c1. The molecule has 2 aromatic heterocycles. The molecule has 0 saturated heterocycles. The zero-order valence-electron chi connectivity index (χ0n) is 14.6. The number of benzene rings is 2. The molecule has 0 aliphatic carbocycles. The van der Waals surface area contributed by atoms with Gasteiger partial charge in [-0.2, -0.15) is 18.3 Å². The van der Waals surface area contributed by atoms with Crippen LogP contribution in [0.4, 0.5) is 13.2 Å². The van der Waals surface area contributed by atoms with Crippen molar-refractivity contribution in [3.8, 4) is 22.9 Å². The highest BCUT2D eigenvalue weighted by molar-refractivity contribution is 5.86. The molecule has 5 nitrogen and oxygen atoms in total. The molecule has 0 unspecified atom stereocenters. The van der Waals surface area contributed by atoms with E-state index >= 15 is 0 Å². The second-order valence-corrected chi connectivity index (χ2v) is 5.96. The number of ether oxygens (including phenoxy) is 2. The summed E-state index contributed by atoms with van der Waals surface area (Å²) in [6.45, 7) is 0. The molecule has 142 valence electrons. The summed E-state index contributed by atoms with van der Waals surface area (Å²) >= 11 is 0. The summed E-state index contributed by atoms with van der Waals surface area (Å²) in [5.74, 6) is 1.18. The molecule has 0 N–H and O–H groups in total. The van der Waals surface area contributed by atoms with Gasteiger partial charge < -0.3 is 9.47 Å². The first-order chi connectivity index (χ1) is 13.4. The summed E-state index contributed by atoms with van der Waals surface area (Å²) < 4.78 is 52.1. The third kappa shape index (κ3) is 3.48. The number of fused-ring (bicyclic) bond motifs is 1. The third-order valence-electron chi connectivity index (χ3n) is 4.13. The second kappa shape index (κ2) is 6.88. The van der Waals surface area contributed by atoms with Crippen molar-refractivity contribution in [2.45, 2.75) is 6.18 Å². The van der Waals surface area contributed by atoms with E-state index in [2.05, 4.69) is 10.1 Å². The zero-order chi connectivity index (χ0) is 19.7. The number of rotatable bonds is 4. The van der Waals surface area contributed by atoms with Gasteiger partial charge in [0.2, 0.25) is 0 Å². The maximum absolute atomic E-state index is 13.1. The molecular weight excluding hydrogens is 371 g/mol. The van der Waals surface area contributed by atoms with Crippen molar-refractivity contribution >= 4 is 10.9 Å². The van der Waals surface area contributed by atoms with E-state index in [1.165, 1.54) is 25.4 Å². The van der Waals surface area contributed by atoms with E-state index in [4.69, 9.17) is 9.47 Å². The molecule has 0 saturated carbocycles. The standard InChI is InChI=1S/C20H14F3N3O2/c1-27-15-10-14(26-8-2-6-25-26)11-16(12-15)28-19-5-7-24-18-4-3-13(9-17(18)19)20(21,22)23/h2-12H,1H3. The van der Waals surface area contributed by atoms with E-state index in [0.29, 0.717) is 22.7 Å². The highest BCUT2D eigenvalue weighted by atomic mass is 19.4. The van der Waals surface area contributed by atoms with Crippen LogP contribution in [-0.4, -0.2) is 21.9 Å². The number of hydrogen-bond donors (Lipinski definition) is 0. The van der Waals surface area contributed by atoms with Gasteiger partial charge >= 0.3 is 6.18 Å². The van der Waals surface area contributed by atoms with E-state index in [-0.39, 0.29) is 11.1 Å². The summed E-state index contributed by atoms with van der Waals surface area (Å²) in [7, 11) is 1.52. The minimum Gasteiger partial charge on any atom is -0.497 e. The number of pyridine rings is 1. The topological polar surface area (TPSA) is 49.2 Å². The fourth-order valence-electron chi connectivity index (χ4n) is 2.80. The Morgan fingerprint density at radius 2 is 1.79 bits per heavy atom. The van der Waals surface area contributed by atoms with Gasteiger partial charge in [0.25, 0.3) is 0 Å².